The Morgan fingerprint density at radius 1 is 1.05 bits per heavy atom. The maximum Gasteiger partial charge on any atom is 0.407 e. The predicted molar refractivity (Wildman–Crippen MR) is 214 cm³/mol. The lowest BCUT2D eigenvalue weighted by Crippen LogP contribution is -2.80. The van der Waals surface area contributed by atoms with Crippen LogP contribution in [0.15, 0.2) is 54.1 Å². The van der Waals surface area contributed by atoms with Crippen LogP contribution in [0.4, 0.5) is 4.79 Å². The first-order valence-electron chi connectivity index (χ1n) is 20.7. The van der Waals surface area contributed by atoms with E-state index < -0.39 is 112 Å². The Labute approximate surface area is 347 Å². The lowest BCUT2D eigenvalue weighted by atomic mass is 9.49. The van der Waals surface area contributed by atoms with Gasteiger partial charge < -0.3 is 48.7 Å². The second-order valence-corrected chi connectivity index (χ2v) is 19.3. The van der Waals surface area contributed by atoms with Crippen LogP contribution in [0.2, 0.25) is 0 Å². The SMILES string of the molecule is C=C[C@@H]1O[C@H]2C[C@H]3OC[C@@]3(OC(C)=O)[C@H]3[C@H](OC(=O)c4ccccc4)[C@]4(C(C)(C)O)CC(OC(=O)[C@H](O)C(CC(C)C)NC(=O)OC(C)(C)C)C(C)=C4[C@H](C)[C@H](O1)[C@]23C. The third kappa shape index (κ3) is 7.73. The number of benzene rings is 1. The molecule has 4 fully saturated rings. The summed E-state index contributed by atoms with van der Waals surface area (Å²) in [6.45, 7) is 23.2. The van der Waals surface area contributed by atoms with Gasteiger partial charge in [-0.15, -0.1) is 0 Å². The van der Waals surface area contributed by atoms with Crippen molar-refractivity contribution in [3.8, 4) is 0 Å². The van der Waals surface area contributed by atoms with Crippen LogP contribution in [0.5, 0.6) is 0 Å². The van der Waals surface area contributed by atoms with Crippen LogP contribution in [0.3, 0.4) is 0 Å². The molecule has 326 valence electrons. The van der Waals surface area contributed by atoms with E-state index in [4.69, 9.17) is 33.2 Å². The molecule has 0 aromatic heterocycles. The van der Waals surface area contributed by atoms with Gasteiger partial charge in [0.1, 0.15) is 23.9 Å². The average molecular weight is 826 g/mol. The molecule has 0 radical (unpaired) electrons. The lowest BCUT2D eigenvalue weighted by Gasteiger charge is -2.67. The molecule has 14 heteroatoms. The van der Waals surface area contributed by atoms with E-state index in [-0.39, 0.29) is 30.9 Å². The topological polar surface area (TPSA) is 185 Å². The number of carbonyl (C=O) groups excluding carboxylic acids is 4. The number of alkyl carbamates (subject to hydrolysis) is 1. The Balaban J connectivity index is 1.52. The fourth-order valence-electron chi connectivity index (χ4n) is 11.1. The van der Waals surface area contributed by atoms with E-state index in [1.807, 2.05) is 27.7 Å². The quantitative estimate of drug-likeness (QED) is 0.143. The maximum absolute atomic E-state index is 14.5. The van der Waals surface area contributed by atoms with Crippen molar-refractivity contribution in [3.05, 3.63) is 59.7 Å². The number of hydrogen-bond donors (Lipinski definition) is 3. The fourth-order valence-corrected chi connectivity index (χ4v) is 11.1. The molecule has 1 aromatic rings. The van der Waals surface area contributed by atoms with E-state index in [2.05, 4.69) is 11.9 Å². The molecule has 2 saturated carbocycles. The van der Waals surface area contributed by atoms with Gasteiger partial charge in [0.05, 0.1) is 47.4 Å². The maximum atomic E-state index is 14.5. The number of aliphatic hydroxyl groups is 2. The monoisotopic (exact) mass is 825 g/mol. The molecule has 1 amide bonds. The van der Waals surface area contributed by atoms with Crippen LogP contribution in [-0.4, -0.2) is 107 Å². The number of hydrogen-bond acceptors (Lipinski definition) is 13. The van der Waals surface area contributed by atoms with Gasteiger partial charge in [0.25, 0.3) is 0 Å². The summed E-state index contributed by atoms with van der Waals surface area (Å²) in [5, 5.41) is 27.0. The third-order valence-electron chi connectivity index (χ3n) is 13.3. The van der Waals surface area contributed by atoms with Gasteiger partial charge in [0.15, 0.2) is 18.0 Å². The molecule has 3 aliphatic carbocycles. The molecule has 14 nitrogen and oxygen atoms in total. The van der Waals surface area contributed by atoms with Crippen LogP contribution < -0.4 is 5.32 Å². The highest BCUT2D eigenvalue weighted by Crippen LogP contribution is 2.70. The average Bonchev–Trinajstić information content (AvgIpc) is 3.39. The molecule has 0 bridgehead atoms. The minimum Gasteiger partial charge on any atom is -0.457 e. The first-order valence-corrected chi connectivity index (χ1v) is 20.7. The molecule has 5 aliphatic rings. The van der Waals surface area contributed by atoms with E-state index in [0.29, 0.717) is 17.6 Å². The zero-order valence-electron chi connectivity index (χ0n) is 36.2. The lowest BCUT2D eigenvalue weighted by molar-refractivity contribution is -0.391. The number of esters is 3. The molecule has 2 heterocycles. The molecule has 13 atom stereocenters. The molecule has 6 rings (SSSR count). The first kappa shape index (κ1) is 44.7. The zero-order chi connectivity index (χ0) is 43.6. The van der Waals surface area contributed by atoms with Crippen molar-refractivity contribution in [2.45, 2.75) is 161 Å². The van der Waals surface area contributed by atoms with Gasteiger partial charge in [-0.2, -0.15) is 0 Å². The molecular formula is C45H63NO13. The van der Waals surface area contributed by atoms with Crippen molar-refractivity contribution in [2.75, 3.05) is 6.61 Å². The second-order valence-electron chi connectivity index (χ2n) is 19.3. The minimum absolute atomic E-state index is 0.0118. The van der Waals surface area contributed by atoms with Crippen molar-refractivity contribution in [3.63, 3.8) is 0 Å². The highest BCUT2D eigenvalue weighted by molar-refractivity contribution is 5.89. The minimum atomic E-state index is -1.79. The van der Waals surface area contributed by atoms with Crippen molar-refractivity contribution in [2.24, 2.45) is 28.6 Å². The van der Waals surface area contributed by atoms with Gasteiger partial charge >= 0.3 is 24.0 Å². The molecule has 59 heavy (non-hydrogen) atoms. The van der Waals surface area contributed by atoms with E-state index in [1.54, 1.807) is 78.0 Å². The summed E-state index contributed by atoms with van der Waals surface area (Å²) >= 11 is 0. The molecule has 2 unspecified atom stereocenters. The Hall–Kier alpha value is -3.82. The van der Waals surface area contributed by atoms with E-state index in [0.717, 1.165) is 0 Å². The van der Waals surface area contributed by atoms with E-state index in [9.17, 15) is 29.4 Å². The zero-order valence-corrected chi connectivity index (χ0v) is 36.2. The standard InChI is InChI=1S/C45H63NO13/c1-13-32-55-30-20-31-45(22-53-31,58-26(6)47)35-37(57-38(49)27-17-15-14-16-18-27)44(42(10,11)52)21-29(24(4)33(44)25(5)36(56-32)43(30,35)12)54-39(50)34(48)28(19-23(2)3)46-40(51)59-41(7,8)9/h13-18,23,25,28-32,34-37,48,52H,1,19-22H2,2-12H3,(H,46,51)/t25-,28?,29?,30-,31+,32+,34+,35-,36-,37-,43+,44-,45-/m0/s1. The highest BCUT2D eigenvalue weighted by Gasteiger charge is 2.80. The van der Waals surface area contributed by atoms with Gasteiger partial charge in [-0.05, 0) is 83.2 Å². The summed E-state index contributed by atoms with van der Waals surface area (Å²) in [6, 6.07) is 7.43. The van der Waals surface area contributed by atoms with Gasteiger partial charge in [-0.1, -0.05) is 52.5 Å². The summed E-state index contributed by atoms with van der Waals surface area (Å²) in [4.78, 5) is 54.6. The number of nitrogens with one attached hydrogen (secondary N) is 1. The van der Waals surface area contributed by atoms with Gasteiger partial charge in [-0.25, -0.2) is 14.4 Å². The van der Waals surface area contributed by atoms with Crippen molar-refractivity contribution in [1.82, 2.24) is 5.32 Å². The Morgan fingerprint density at radius 2 is 1.71 bits per heavy atom. The summed E-state index contributed by atoms with van der Waals surface area (Å²) in [7, 11) is 0. The Bertz CT molecular complexity index is 1830. The number of carbonyl (C=O) groups is 4. The normalized spacial score (nSPS) is 36.0. The van der Waals surface area contributed by atoms with Gasteiger partial charge in [-0.3, -0.25) is 4.79 Å². The molecular weight excluding hydrogens is 762 g/mol. The predicted octanol–water partition coefficient (Wildman–Crippen LogP) is 5.57. The smallest absolute Gasteiger partial charge is 0.407 e. The van der Waals surface area contributed by atoms with Crippen LogP contribution in [0.25, 0.3) is 0 Å². The third-order valence-corrected chi connectivity index (χ3v) is 13.3. The van der Waals surface area contributed by atoms with Gasteiger partial charge in [0.2, 0.25) is 0 Å². The van der Waals surface area contributed by atoms with E-state index >= 15 is 0 Å². The van der Waals surface area contributed by atoms with E-state index in [1.165, 1.54) is 6.92 Å². The summed E-state index contributed by atoms with van der Waals surface area (Å²) < 4.78 is 44.4. The van der Waals surface area contributed by atoms with Crippen LogP contribution in [-0.2, 0) is 42.7 Å². The Kier molecular flexibility index (Phi) is 12.1. The molecule has 2 aliphatic heterocycles. The number of ether oxygens (including phenoxy) is 7. The number of rotatable bonds is 11. The second kappa shape index (κ2) is 15.9. The number of amides is 1. The largest absolute Gasteiger partial charge is 0.457 e. The van der Waals surface area contributed by atoms with Crippen molar-refractivity contribution in [1.29, 1.82) is 0 Å². The van der Waals surface area contributed by atoms with Crippen molar-refractivity contribution < 1.29 is 62.5 Å². The number of fused-ring (bicyclic) bond motifs is 3. The van der Waals surface area contributed by atoms with Gasteiger partial charge in [0, 0.05) is 31.1 Å². The van der Waals surface area contributed by atoms with Crippen LogP contribution >= 0.6 is 0 Å². The fraction of sp³-hybridized carbons (Fsp3) is 0.689. The summed E-state index contributed by atoms with van der Waals surface area (Å²) in [5.41, 5.74) is -4.92. The molecule has 2 saturated heterocycles. The highest BCUT2D eigenvalue weighted by atomic mass is 16.7. The molecule has 0 spiro atoms. The van der Waals surface area contributed by atoms with Crippen LogP contribution in [0.1, 0.15) is 106 Å². The van der Waals surface area contributed by atoms with Crippen molar-refractivity contribution >= 4 is 24.0 Å². The molecule has 1 aromatic carbocycles. The first-order chi connectivity index (χ1) is 27.4. The molecule has 3 N–H and O–H groups in total. The number of aliphatic hydroxyl groups excluding tert-OH is 1. The summed E-state index contributed by atoms with van der Waals surface area (Å²) in [6.07, 6.45) is -5.55. The van der Waals surface area contributed by atoms with Crippen LogP contribution in [0, 0.1) is 28.6 Å². The summed E-state index contributed by atoms with van der Waals surface area (Å²) in [5.74, 6) is -3.69. The Morgan fingerprint density at radius 3 is 2.25 bits per heavy atom.